The van der Waals surface area contributed by atoms with E-state index in [9.17, 15) is 30.0 Å². The van der Waals surface area contributed by atoms with Gasteiger partial charge in [-0.1, -0.05) is 47.6 Å². The molecule has 6 N–H and O–H groups in total. The molecule has 2 aromatic carbocycles. The number of phenols is 1. The third-order valence-electron chi connectivity index (χ3n) is 14.0. The number of nitrogens with zero attached hydrogens (tertiary/aromatic N) is 1. The molecule has 278 valence electrons. The predicted molar refractivity (Wildman–Crippen MR) is 199 cm³/mol. The van der Waals surface area contributed by atoms with Gasteiger partial charge < -0.3 is 25.7 Å². The summed E-state index contributed by atoms with van der Waals surface area (Å²) in [6.45, 7) is 13.0. The lowest BCUT2D eigenvalue weighted by Gasteiger charge is -2.63. The van der Waals surface area contributed by atoms with Gasteiger partial charge in [-0.05, 0) is 145 Å². The Morgan fingerprint density at radius 2 is 1.71 bits per heavy atom. The molecule has 51 heavy (non-hydrogen) atoms. The normalized spacial score (nSPS) is 35.4. The highest BCUT2D eigenvalue weighted by atomic mass is 16.3. The SMILES string of the molecule is C[C@H](CCC(=O)Nc1ccc(C(=O)N/N=C/c2ccc(C(C)(C)C)cc2O)cc1)[C@H]1CC[C@H]2[C@@H]3[C@H](O)C[C@@H]4C[C@H](O)CC[C@]4(C)[C@H]3C[C@H](O)[C@]12C. The minimum atomic E-state index is -0.448. The Balaban J connectivity index is 1.01. The Labute approximate surface area is 303 Å². The van der Waals surface area contributed by atoms with Crippen LogP contribution in [0.5, 0.6) is 5.75 Å². The Morgan fingerprint density at radius 1 is 0.980 bits per heavy atom. The number of carbonyl (C=O) groups is 2. The van der Waals surface area contributed by atoms with Gasteiger partial charge in [0.1, 0.15) is 5.75 Å². The number of carbonyl (C=O) groups excluding carboxylic acids is 2. The fourth-order valence-electron chi connectivity index (χ4n) is 11.0. The molecule has 0 aromatic heterocycles. The number of amides is 2. The van der Waals surface area contributed by atoms with Crippen LogP contribution in [0.25, 0.3) is 0 Å². The van der Waals surface area contributed by atoms with Crippen LogP contribution in [0.3, 0.4) is 0 Å². The van der Waals surface area contributed by atoms with E-state index in [-0.39, 0.29) is 63.6 Å². The average Bonchev–Trinajstić information content (AvgIpc) is 3.43. The van der Waals surface area contributed by atoms with Crippen molar-refractivity contribution in [3.8, 4) is 5.75 Å². The minimum Gasteiger partial charge on any atom is -0.507 e. The molecule has 9 heteroatoms. The van der Waals surface area contributed by atoms with Crippen LogP contribution in [0.4, 0.5) is 5.69 Å². The number of hydrogen-bond acceptors (Lipinski definition) is 7. The van der Waals surface area contributed by atoms with Gasteiger partial charge in [-0.2, -0.15) is 5.10 Å². The fraction of sp³-hybridized carbons (Fsp3) is 0.643. The number of rotatable bonds is 8. The largest absolute Gasteiger partial charge is 0.507 e. The predicted octanol–water partition coefficient (Wildman–Crippen LogP) is 6.77. The summed E-state index contributed by atoms with van der Waals surface area (Å²) in [4.78, 5) is 25.7. The maximum Gasteiger partial charge on any atom is 0.271 e. The molecule has 9 nitrogen and oxygen atoms in total. The molecular formula is C42H59N3O6. The van der Waals surface area contributed by atoms with E-state index in [4.69, 9.17) is 0 Å². The Morgan fingerprint density at radius 3 is 2.39 bits per heavy atom. The number of aromatic hydroxyl groups is 1. The zero-order chi connectivity index (χ0) is 36.9. The maximum absolute atomic E-state index is 13.0. The summed E-state index contributed by atoms with van der Waals surface area (Å²) >= 11 is 0. The third-order valence-corrected chi connectivity index (χ3v) is 14.0. The van der Waals surface area contributed by atoms with Gasteiger partial charge in [-0.3, -0.25) is 9.59 Å². The van der Waals surface area contributed by atoms with Crippen LogP contribution >= 0.6 is 0 Å². The topological polar surface area (TPSA) is 151 Å². The summed E-state index contributed by atoms with van der Waals surface area (Å²) in [5, 5.41) is 51.1. The summed E-state index contributed by atoms with van der Waals surface area (Å²) in [5.74, 6) is 1.08. The number of nitrogens with one attached hydrogen (secondary N) is 2. The third kappa shape index (κ3) is 7.23. The number of hydrazone groups is 1. The van der Waals surface area contributed by atoms with E-state index < -0.39 is 18.1 Å². The van der Waals surface area contributed by atoms with Crippen LogP contribution in [0.2, 0.25) is 0 Å². The number of benzene rings is 2. The molecule has 0 radical (unpaired) electrons. The first kappa shape index (κ1) is 37.5. The molecule has 6 rings (SSSR count). The molecule has 0 heterocycles. The molecule has 4 saturated carbocycles. The average molecular weight is 702 g/mol. The lowest BCUT2D eigenvalue weighted by Crippen LogP contribution is -2.62. The standard InChI is InChI=1S/C42H59N3O6/c1-24(31-14-15-32-38-33(22-36(49)42(31,32)6)41(5)18-17-30(46)19-28(41)21-35(38)48)7-16-37(50)44-29-12-9-25(10-13-29)39(51)45-43-23-26-8-11-27(20-34(26)47)40(2,3)4/h8-13,20,23-24,28,30-33,35-36,38,46-49H,7,14-19,21-22H2,1-6H3,(H,44,50)(H,45,51)/b43-23+/t24-,28+,30-,31-,32+,33+,35-,36+,38+,41+,42-/m1/s1. The molecule has 0 aliphatic heterocycles. The van der Waals surface area contributed by atoms with Gasteiger partial charge in [-0.15, -0.1) is 0 Å². The van der Waals surface area contributed by atoms with Crippen molar-refractivity contribution in [2.45, 2.75) is 123 Å². The molecule has 4 aliphatic carbocycles. The minimum absolute atomic E-state index is 0.0490. The zero-order valence-corrected chi connectivity index (χ0v) is 31.2. The van der Waals surface area contributed by atoms with Gasteiger partial charge in [0.2, 0.25) is 5.91 Å². The summed E-state index contributed by atoms with van der Waals surface area (Å²) in [7, 11) is 0. The number of aliphatic hydroxyl groups is 3. The van der Waals surface area contributed by atoms with E-state index in [1.54, 1.807) is 36.4 Å². The second-order valence-corrected chi connectivity index (χ2v) is 17.9. The van der Waals surface area contributed by atoms with Crippen molar-refractivity contribution < 1.29 is 30.0 Å². The van der Waals surface area contributed by atoms with Crippen LogP contribution in [0.15, 0.2) is 47.6 Å². The number of hydrogen-bond donors (Lipinski definition) is 6. The first-order valence-corrected chi connectivity index (χ1v) is 19.1. The van der Waals surface area contributed by atoms with Crippen LogP contribution in [-0.4, -0.2) is 56.8 Å². The zero-order valence-electron chi connectivity index (χ0n) is 31.2. The second-order valence-electron chi connectivity index (χ2n) is 17.9. The van der Waals surface area contributed by atoms with Gasteiger partial charge in [-0.25, -0.2) is 5.43 Å². The van der Waals surface area contributed by atoms with Crippen molar-refractivity contribution in [3.63, 3.8) is 0 Å². The molecule has 0 spiro atoms. The Kier molecular flexibility index (Phi) is 10.5. The van der Waals surface area contributed by atoms with Gasteiger partial charge in [0.25, 0.3) is 5.91 Å². The van der Waals surface area contributed by atoms with E-state index in [0.29, 0.717) is 42.0 Å². The van der Waals surface area contributed by atoms with Crippen LogP contribution in [0.1, 0.15) is 121 Å². The maximum atomic E-state index is 13.0. The summed E-state index contributed by atoms with van der Waals surface area (Å²) in [5.41, 5.74) is 4.63. The number of anilines is 1. The highest BCUT2D eigenvalue weighted by Gasteiger charge is 2.65. The van der Waals surface area contributed by atoms with Crippen molar-refractivity contribution in [1.82, 2.24) is 5.43 Å². The highest BCUT2D eigenvalue weighted by Crippen LogP contribution is 2.68. The molecule has 0 unspecified atom stereocenters. The molecule has 0 saturated heterocycles. The van der Waals surface area contributed by atoms with Crippen molar-refractivity contribution in [2.24, 2.45) is 51.4 Å². The highest BCUT2D eigenvalue weighted by molar-refractivity contribution is 5.96. The lowest BCUT2D eigenvalue weighted by atomic mass is 9.43. The van der Waals surface area contributed by atoms with Crippen LogP contribution in [0, 0.1) is 46.3 Å². The van der Waals surface area contributed by atoms with Gasteiger partial charge in [0.05, 0.1) is 24.5 Å². The first-order chi connectivity index (χ1) is 24.0. The van der Waals surface area contributed by atoms with E-state index in [2.05, 4.69) is 57.4 Å². The molecule has 2 aromatic rings. The van der Waals surface area contributed by atoms with Gasteiger partial charge >= 0.3 is 0 Å². The quantitative estimate of drug-likeness (QED) is 0.132. The van der Waals surface area contributed by atoms with E-state index in [1.165, 1.54) is 6.21 Å². The van der Waals surface area contributed by atoms with Gasteiger partial charge in [0.15, 0.2) is 0 Å². The second kappa shape index (κ2) is 14.3. The van der Waals surface area contributed by atoms with Gasteiger partial charge in [0, 0.05) is 23.2 Å². The molecule has 4 fully saturated rings. The smallest absolute Gasteiger partial charge is 0.271 e. The van der Waals surface area contributed by atoms with Crippen LogP contribution < -0.4 is 10.7 Å². The van der Waals surface area contributed by atoms with Crippen molar-refractivity contribution in [2.75, 3.05) is 5.32 Å². The van der Waals surface area contributed by atoms with E-state index in [1.807, 2.05) is 6.07 Å². The number of fused-ring (bicyclic) bond motifs is 5. The molecule has 0 bridgehead atoms. The van der Waals surface area contributed by atoms with Crippen molar-refractivity contribution >= 4 is 23.7 Å². The summed E-state index contributed by atoms with van der Waals surface area (Å²) < 4.78 is 0. The van der Waals surface area contributed by atoms with E-state index in [0.717, 1.165) is 44.1 Å². The molecule has 2 amide bonds. The van der Waals surface area contributed by atoms with Crippen LogP contribution in [-0.2, 0) is 10.2 Å². The Bertz CT molecular complexity index is 1620. The van der Waals surface area contributed by atoms with Crippen molar-refractivity contribution in [3.05, 3.63) is 59.2 Å². The summed E-state index contributed by atoms with van der Waals surface area (Å²) in [6, 6.07) is 12.1. The molecule has 4 aliphatic rings. The first-order valence-electron chi connectivity index (χ1n) is 19.1. The fourth-order valence-corrected chi connectivity index (χ4v) is 11.0. The van der Waals surface area contributed by atoms with E-state index >= 15 is 0 Å². The monoisotopic (exact) mass is 701 g/mol. The molecular weight excluding hydrogens is 642 g/mol. The van der Waals surface area contributed by atoms with Crippen molar-refractivity contribution in [1.29, 1.82) is 0 Å². The molecule has 11 atom stereocenters. The number of phenolic OH excluding ortho intramolecular Hbond substituents is 1. The Hall–Kier alpha value is -3.27. The lowest BCUT2D eigenvalue weighted by molar-refractivity contribution is -0.207. The summed E-state index contributed by atoms with van der Waals surface area (Å²) in [6.07, 6.45) is 7.30. The number of aliphatic hydroxyl groups excluding tert-OH is 3.